The molecule has 1 N–H and O–H groups in total. The Morgan fingerprint density at radius 2 is 1.94 bits per heavy atom. The van der Waals surface area contributed by atoms with Crippen LogP contribution >= 0.6 is 11.8 Å². The topological polar surface area (TPSA) is 64.0 Å². The molecule has 1 heterocycles. The maximum Gasteiger partial charge on any atom is 0.262 e. The number of amides is 1. The first kappa shape index (κ1) is 21.4. The quantitative estimate of drug-likeness (QED) is 0.311. The van der Waals surface area contributed by atoms with Gasteiger partial charge in [0.25, 0.3) is 5.56 Å². The minimum absolute atomic E-state index is 0.0381. The van der Waals surface area contributed by atoms with Crippen molar-refractivity contribution in [3.63, 3.8) is 0 Å². The number of anilines is 1. The molecule has 2 aromatic carbocycles. The molecule has 0 radical (unpaired) electrons. The van der Waals surface area contributed by atoms with E-state index in [0.717, 1.165) is 30.5 Å². The van der Waals surface area contributed by atoms with Crippen LogP contribution in [0.4, 0.5) is 5.69 Å². The third kappa shape index (κ3) is 5.25. The second kappa shape index (κ2) is 9.96. The summed E-state index contributed by atoms with van der Waals surface area (Å²) in [6.45, 7) is 2.55. The number of hydrogen-bond donors (Lipinski definition) is 1. The maximum absolute atomic E-state index is 13.2. The van der Waals surface area contributed by atoms with Crippen LogP contribution in [0, 0.1) is 6.92 Å². The zero-order valence-corrected chi connectivity index (χ0v) is 18.6. The van der Waals surface area contributed by atoms with Crippen LogP contribution in [0.1, 0.15) is 37.7 Å². The van der Waals surface area contributed by atoms with Crippen molar-refractivity contribution < 1.29 is 4.79 Å². The molecule has 0 unspecified atom stereocenters. The fraction of sp³-hybridized carbons (Fsp3) is 0.320. The first-order valence-electron chi connectivity index (χ1n) is 10.8. The molecule has 1 aliphatic carbocycles. The lowest BCUT2D eigenvalue weighted by Crippen LogP contribution is -2.24. The fourth-order valence-corrected chi connectivity index (χ4v) is 4.70. The molecule has 1 aromatic heterocycles. The van der Waals surface area contributed by atoms with E-state index in [1.807, 2.05) is 55.5 Å². The monoisotopic (exact) mass is 433 g/mol. The van der Waals surface area contributed by atoms with Crippen molar-refractivity contribution in [3.05, 3.63) is 76.1 Å². The molecule has 0 spiro atoms. The Labute approximate surface area is 186 Å². The van der Waals surface area contributed by atoms with Gasteiger partial charge in [-0.2, -0.15) is 0 Å². The number of nitrogens with one attached hydrogen (secondary N) is 1. The van der Waals surface area contributed by atoms with Gasteiger partial charge in [-0.1, -0.05) is 53.7 Å². The molecule has 0 bridgehead atoms. The molecule has 1 amide bonds. The van der Waals surface area contributed by atoms with Gasteiger partial charge in [-0.3, -0.25) is 14.2 Å². The Kier molecular flexibility index (Phi) is 6.87. The number of para-hydroxylation sites is 2. The van der Waals surface area contributed by atoms with Crippen molar-refractivity contribution in [1.29, 1.82) is 0 Å². The van der Waals surface area contributed by atoms with E-state index in [-0.39, 0.29) is 17.2 Å². The molecular formula is C25H27N3O2S. The molecule has 0 aliphatic heterocycles. The lowest BCUT2D eigenvalue weighted by molar-refractivity contribution is -0.113. The number of hydrogen-bond acceptors (Lipinski definition) is 4. The van der Waals surface area contributed by atoms with Gasteiger partial charge in [0, 0.05) is 12.2 Å². The van der Waals surface area contributed by atoms with E-state index in [2.05, 4.69) is 11.4 Å². The molecule has 0 saturated heterocycles. The number of benzene rings is 2. The number of fused-ring (bicyclic) bond motifs is 1. The Morgan fingerprint density at radius 1 is 1.13 bits per heavy atom. The molecule has 31 heavy (non-hydrogen) atoms. The second-order valence-corrected chi connectivity index (χ2v) is 8.82. The van der Waals surface area contributed by atoms with Crippen molar-refractivity contribution in [1.82, 2.24) is 9.55 Å². The molecule has 6 heteroatoms. The Bertz CT molecular complexity index is 1180. The van der Waals surface area contributed by atoms with Gasteiger partial charge in [0.2, 0.25) is 5.91 Å². The molecule has 1 aliphatic rings. The number of aromatic nitrogens is 2. The van der Waals surface area contributed by atoms with Gasteiger partial charge in [0.05, 0.1) is 16.7 Å². The lowest BCUT2D eigenvalue weighted by Gasteiger charge is -2.16. The Balaban J connectivity index is 1.54. The SMILES string of the molecule is Cc1ccccc1NC(=O)CSc1nc2ccccc2c(=O)n1CCC1=CCCCC1. The van der Waals surface area contributed by atoms with Crippen LogP contribution in [0.3, 0.4) is 0 Å². The van der Waals surface area contributed by atoms with Crippen LogP contribution in [0.2, 0.25) is 0 Å². The number of carbonyl (C=O) groups excluding carboxylic acids is 1. The summed E-state index contributed by atoms with van der Waals surface area (Å²) >= 11 is 1.32. The van der Waals surface area contributed by atoms with Crippen molar-refractivity contribution >= 4 is 34.3 Å². The van der Waals surface area contributed by atoms with E-state index in [4.69, 9.17) is 4.98 Å². The van der Waals surface area contributed by atoms with Gasteiger partial charge in [-0.25, -0.2) is 4.98 Å². The van der Waals surface area contributed by atoms with Gasteiger partial charge < -0.3 is 5.32 Å². The van der Waals surface area contributed by atoms with Crippen LogP contribution in [0.25, 0.3) is 10.9 Å². The molecule has 5 nitrogen and oxygen atoms in total. The van der Waals surface area contributed by atoms with Crippen molar-refractivity contribution in [2.45, 2.75) is 50.7 Å². The summed E-state index contributed by atoms with van der Waals surface area (Å²) in [5.74, 6) is 0.0881. The summed E-state index contributed by atoms with van der Waals surface area (Å²) in [4.78, 5) is 30.5. The summed E-state index contributed by atoms with van der Waals surface area (Å²) < 4.78 is 1.74. The van der Waals surface area contributed by atoms with E-state index in [1.165, 1.54) is 30.2 Å². The van der Waals surface area contributed by atoms with E-state index < -0.39 is 0 Å². The summed E-state index contributed by atoms with van der Waals surface area (Å²) in [5, 5.41) is 4.17. The second-order valence-electron chi connectivity index (χ2n) is 7.88. The van der Waals surface area contributed by atoms with Gasteiger partial charge in [0.15, 0.2) is 5.16 Å². The van der Waals surface area contributed by atoms with E-state index in [0.29, 0.717) is 22.6 Å². The average Bonchev–Trinajstić information content (AvgIpc) is 2.79. The van der Waals surface area contributed by atoms with Gasteiger partial charge in [0.1, 0.15) is 0 Å². The van der Waals surface area contributed by atoms with Crippen molar-refractivity contribution in [2.24, 2.45) is 0 Å². The fourth-order valence-electron chi connectivity index (χ4n) is 3.87. The highest BCUT2D eigenvalue weighted by Crippen LogP contribution is 2.23. The van der Waals surface area contributed by atoms with Crippen LogP contribution < -0.4 is 10.9 Å². The van der Waals surface area contributed by atoms with E-state index in [9.17, 15) is 9.59 Å². The molecule has 3 aromatic rings. The summed E-state index contributed by atoms with van der Waals surface area (Å²) in [7, 11) is 0. The van der Waals surface area contributed by atoms with Crippen LogP contribution in [0.15, 0.2) is 70.1 Å². The highest BCUT2D eigenvalue weighted by molar-refractivity contribution is 7.99. The summed E-state index contributed by atoms with van der Waals surface area (Å²) in [6.07, 6.45) is 7.86. The van der Waals surface area contributed by atoms with E-state index >= 15 is 0 Å². The molecule has 160 valence electrons. The van der Waals surface area contributed by atoms with Gasteiger partial charge in [-0.05, 0) is 62.8 Å². The zero-order valence-electron chi connectivity index (χ0n) is 17.8. The molecular weight excluding hydrogens is 406 g/mol. The average molecular weight is 434 g/mol. The number of allylic oxidation sites excluding steroid dienone is 2. The number of rotatable bonds is 7. The number of nitrogens with zero attached hydrogens (tertiary/aromatic N) is 2. The van der Waals surface area contributed by atoms with Crippen LogP contribution in [-0.4, -0.2) is 21.2 Å². The summed E-state index contributed by atoms with van der Waals surface area (Å²) in [6, 6.07) is 15.1. The highest BCUT2D eigenvalue weighted by atomic mass is 32.2. The van der Waals surface area contributed by atoms with Gasteiger partial charge in [-0.15, -0.1) is 0 Å². The predicted molar refractivity (Wildman–Crippen MR) is 128 cm³/mol. The molecule has 0 fully saturated rings. The zero-order chi connectivity index (χ0) is 21.6. The van der Waals surface area contributed by atoms with Crippen molar-refractivity contribution in [3.8, 4) is 0 Å². The minimum atomic E-state index is -0.108. The lowest BCUT2D eigenvalue weighted by atomic mass is 9.97. The Morgan fingerprint density at radius 3 is 2.74 bits per heavy atom. The highest BCUT2D eigenvalue weighted by Gasteiger charge is 2.14. The number of thioether (sulfide) groups is 1. The predicted octanol–water partition coefficient (Wildman–Crippen LogP) is 5.33. The third-order valence-corrected chi connectivity index (χ3v) is 6.60. The van der Waals surface area contributed by atoms with E-state index in [1.54, 1.807) is 4.57 Å². The van der Waals surface area contributed by atoms with Crippen molar-refractivity contribution in [2.75, 3.05) is 11.1 Å². The smallest absolute Gasteiger partial charge is 0.262 e. The first-order chi connectivity index (χ1) is 15.1. The van der Waals surface area contributed by atoms with Gasteiger partial charge >= 0.3 is 0 Å². The molecule has 0 saturated carbocycles. The minimum Gasteiger partial charge on any atom is -0.325 e. The maximum atomic E-state index is 13.2. The first-order valence-corrected chi connectivity index (χ1v) is 11.8. The third-order valence-electron chi connectivity index (χ3n) is 5.62. The Hall–Kier alpha value is -2.86. The standard InChI is InChI=1S/C25H27N3O2S/c1-18-9-5-7-13-21(18)26-23(29)17-31-25-27-22-14-8-6-12-20(22)24(30)28(25)16-15-19-10-3-2-4-11-19/h5-10,12-14H,2-4,11,15-17H2,1H3,(H,26,29). The van der Waals surface area contributed by atoms with Crippen LogP contribution in [0.5, 0.6) is 0 Å². The normalized spacial score (nSPS) is 13.8. The summed E-state index contributed by atoms with van der Waals surface area (Å²) in [5.41, 5.74) is 3.87. The molecule has 4 rings (SSSR count). The number of carbonyl (C=O) groups is 1. The van der Waals surface area contributed by atoms with Crippen LogP contribution in [-0.2, 0) is 11.3 Å². The largest absolute Gasteiger partial charge is 0.325 e. The number of aryl methyl sites for hydroxylation is 1. The molecule has 0 atom stereocenters.